The summed E-state index contributed by atoms with van der Waals surface area (Å²) in [5, 5.41) is 18.9. The van der Waals surface area contributed by atoms with Gasteiger partial charge < -0.3 is 14.6 Å². The van der Waals surface area contributed by atoms with E-state index in [0.29, 0.717) is 11.5 Å². The Balaban J connectivity index is 1.83. The molecule has 0 unspecified atom stereocenters. The van der Waals surface area contributed by atoms with Gasteiger partial charge in [-0.05, 0) is 65.7 Å². The zero-order valence-corrected chi connectivity index (χ0v) is 16.5. The average molecular weight is 397 g/mol. The Kier molecular flexibility index (Phi) is 4.25. The molecule has 0 aliphatic rings. The predicted molar refractivity (Wildman–Crippen MR) is 117 cm³/mol. The summed E-state index contributed by atoms with van der Waals surface area (Å²) in [6.07, 6.45) is 1.82. The summed E-state index contributed by atoms with van der Waals surface area (Å²) < 4.78 is 10.9. The number of fused-ring (bicyclic) bond motifs is 3. The maximum absolute atomic E-state index is 9.65. The van der Waals surface area contributed by atoms with Crippen molar-refractivity contribution in [2.75, 3.05) is 14.2 Å². The minimum absolute atomic E-state index is 0.222. The largest absolute Gasteiger partial charge is 0.508 e. The van der Waals surface area contributed by atoms with Crippen LogP contribution in [0.15, 0.2) is 66.9 Å². The number of nitrogens with one attached hydrogen (secondary N) is 1. The Labute approximate surface area is 172 Å². The van der Waals surface area contributed by atoms with Crippen molar-refractivity contribution in [1.82, 2.24) is 15.2 Å². The fourth-order valence-electron chi connectivity index (χ4n) is 3.76. The van der Waals surface area contributed by atoms with Crippen molar-refractivity contribution < 1.29 is 14.6 Å². The Hall–Kier alpha value is -4.06. The molecule has 30 heavy (non-hydrogen) atoms. The van der Waals surface area contributed by atoms with E-state index in [1.165, 1.54) is 0 Å². The third-order valence-electron chi connectivity index (χ3n) is 5.25. The Morgan fingerprint density at radius 2 is 1.60 bits per heavy atom. The molecule has 6 nitrogen and oxygen atoms in total. The molecule has 0 spiro atoms. The average Bonchev–Trinajstić information content (AvgIpc) is 3.27. The molecule has 5 rings (SSSR count). The molecule has 0 bridgehead atoms. The molecule has 3 aromatic carbocycles. The number of benzene rings is 3. The van der Waals surface area contributed by atoms with E-state index in [1.807, 2.05) is 48.7 Å². The number of aromatic nitrogens is 3. The number of nitrogens with zero attached hydrogens (tertiary/aromatic N) is 2. The minimum atomic E-state index is 0.222. The lowest BCUT2D eigenvalue weighted by Crippen LogP contribution is -1.93. The number of hydrogen-bond acceptors (Lipinski definition) is 5. The summed E-state index contributed by atoms with van der Waals surface area (Å²) >= 11 is 0. The standard InChI is InChI=1S/C24H19N3O3/c1-29-22-10-5-15(11-23(22)30-2)17-12-21(14-3-6-16(28)7-4-14)26-20-9-8-19-18(24(17)20)13-25-27-19/h3-13,28H,1-2H3,(H,25,27). The quantitative estimate of drug-likeness (QED) is 0.437. The van der Waals surface area contributed by atoms with Gasteiger partial charge in [0.15, 0.2) is 11.5 Å². The topological polar surface area (TPSA) is 80.3 Å². The number of aromatic hydroxyl groups is 1. The number of methoxy groups -OCH3 is 2. The molecule has 0 saturated carbocycles. The van der Waals surface area contributed by atoms with Crippen molar-refractivity contribution >= 4 is 21.8 Å². The smallest absolute Gasteiger partial charge is 0.161 e. The van der Waals surface area contributed by atoms with Gasteiger partial charge in [0, 0.05) is 16.3 Å². The third kappa shape index (κ3) is 2.90. The lowest BCUT2D eigenvalue weighted by atomic mass is 9.96. The first-order valence-electron chi connectivity index (χ1n) is 9.46. The molecule has 0 aliphatic carbocycles. The van der Waals surface area contributed by atoms with Crippen LogP contribution in [-0.2, 0) is 0 Å². The second-order valence-electron chi connectivity index (χ2n) is 6.96. The summed E-state index contributed by atoms with van der Waals surface area (Å²) in [7, 11) is 3.25. The number of ether oxygens (including phenoxy) is 2. The zero-order chi connectivity index (χ0) is 20.7. The maximum atomic E-state index is 9.65. The summed E-state index contributed by atoms with van der Waals surface area (Å²) in [6, 6.07) is 19.0. The van der Waals surface area contributed by atoms with Crippen LogP contribution in [0.5, 0.6) is 17.2 Å². The highest BCUT2D eigenvalue weighted by Crippen LogP contribution is 2.39. The van der Waals surface area contributed by atoms with Gasteiger partial charge >= 0.3 is 0 Å². The van der Waals surface area contributed by atoms with Crippen LogP contribution in [0.3, 0.4) is 0 Å². The fraction of sp³-hybridized carbons (Fsp3) is 0.0833. The van der Waals surface area contributed by atoms with Crippen LogP contribution in [0, 0.1) is 0 Å². The summed E-state index contributed by atoms with van der Waals surface area (Å²) in [5.74, 6) is 1.55. The molecular formula is C24H19N3O3. The van der Waals surface area contributed by atoms with E-state index in [-0.39, 0.29) is 5.75 Å². The predicted octanol–water partition coefficient (Wildman–Crippen LogP) is 5.17. The van der Waals surface area contributed by atoms with Crippen molar-refractivity contribution in [2.45, 2.75) is 0 Å². The van der Waals surface area contributed by atoms with Crippen LogP contribution in [0.1, 0.15) is 0 Å². The Morgan fingerprint density at radius 3 is 2.37 bits per heavy atom. The molecule has 2 heterocycles. The molecular weight excluding hydrogens is 378 g/mol. The second-order valence-corrected chi connectivity index (χ2v) is 6.96. The van der Waals surface area contributed by atoms with Crippen molar-refractivity contribution in [2.24, 2.45) is 0 Å². The summed E-state index contributed by atoms with van der Waals surface area (Å²) in [5.41, 5.74) is 5.53. The molecule has 0 amide bonds. The van der Waals surface area contributed by atoms with E-state index in [4.69, 9.17) is 14.5 Å². The minimum Gasteiger partial charge on any atom is -0.508 e. The molecule has 2 N–H and O–H groups in total. The number of rotatable bonds is 4. The van der Waals surface area contributed by atoms with Crippen LogP contribution in [0.2, 0.25) is 0 Å². The monoisotopic (exact) mass is 397 g/mol. The number of phenols is 1. The Morgan fingerprint density at radius 1 is 0.833 bits per heavy atom. The van der Waals surface area contributed by atoms with Gasteiger partial charge in [-0.25, -0.2) is 4.98 Å². The molecule has 0 atom stereocenters. The highest BCUT2D eigenvalue weighted by Gasteiger charge is 2.15. The van der Waals surface area contributed by atoms with E-state index in [0.717, 1.165) is 44.2 Å². The van der Waals surface area contributed by atoms with Gasteiger partial charge in [0.2, 0.25) is 0 Å². The normalized spacial score (nSPS) is 11.1. The highest BCUT2D eigenvalue weighted by atomic mass is 16.5. The molecule has 2 aromatic heterocycles. The molecule has 0 aliphatic heterocycles. The van der Waals surface area contributed by atoms with E-state index in [2.05, 4.69) is 16.3 Å². The van der Waals surface area contributed by atoms with Crippen LogP contribution < -0.4 is 9.47 Å². The van der Waals surface area contributed by atoms with Crippen LogP contribution in [0.4, 0.5) is 0 Å². The number of pyridine rings is 1. The van der Waals surface area contributed by atoms with E-state index >= 15 is 0 Å². The zero-order valence-electron chi connectivity index (χ0n) is 16.5. The number of aromatic amines is 1. The first kappa shape index (κ1) is 18.0. The lowest BCUT2D eigenvalue weighted by Gasteiger charge is -2.14. The number of hydrogen-bond donors (Lipinski definition) is 2. The van der Waals surface area contributed by atoms with E-state index in [9.17, 15) is 5.11 Å². The van der Waals surface area contributed by atoms with Crippen molar-refractivity contribution in [1.29, 1.82) is 0 Å². The molecule has 0 fully saturated rings. The lowest BCUT2D eigenvalue weighted by molar-refractivity contribution is 0.355. The first-order chi connectivity index (χ1) is 14.7. The van der Waals surface area contributed by atoms with Gasteiger partial charge in [-0.2, -0.15) is 5.10 Å². The van der Waals surface area contributed by atoms with Gasteiger partial charge in [0.05, 0.1) is 37.1 Å². The number of H-pyrrole nitrogens is 1. The molecule has 0 saturated heterocycles. The molecule has 0 radical (unpaired) electrons. The first-order valence-corrected chi connectivity index (χ1v) is 9.46. The van der Waals surface area contributed by atoms with Gasteiger partial charge in [-0.3, -0.25) is 5.10 Å². The van der Waals surface area contributed by atoms with Crippen molar-refractivity contribution in [3.8, 4) is 39.6 Å². The number of phenolic OH excluding ortho intramolecular Hbond substituents is 1. The van der Waals surface area contributed by atoms with Crippen LogP contribution in [0.25, 0.3) is 44.2 Å². The summed E-state index contributed by atoms with van der Waals surface area (Å²) in [6.45, 7) is 0. The van der Waals surface area contributed by atoms with E-state index in [1.54, 1.807) is 26.4 Å². The highest BCUT2D eigenvalue weighted by molar-refractivity contribution is 6.12. The van der Waals surface area contributed by atoms with Crippen molar-refractivity contribution in [3.63, 3.8) is 0 Å². The van der Waals surface area contributed by atoms with Crippen LogP contribution >= 0.6 is 0 Å². The summed E-state index contributed by atoms with van der Waals surface area (Å²) in [4.78, 5) is 4.89. The third-order valence-corrected chi connectivity index (χ3v) is 5.25. The fourth-order valence-corrected chi connectivity index (χ4v) is 3.76. The van der Waals surface area contributed by atoms with Gasteiger partial charge in [0.1, 0.15) is 5.75 Å². The van der Waals surface area contributed by atoms with Gasteiger partial charge in [-0.15, -0.1) is 0 Å². The van der Waals surface area contributed by atoms with Crippen molar-refractivity contribution in [3.05, 3.63) is 66.9 Å². The molecule has 5 aromatic rings. The van der Waals surface area contributed by atoms with Crippen LogP contribution in [-0.4, -0.2) is 34.5 Å². The Bertz CT molecular complexity index is 1370. The molecule has 6 heteroatoms. The molecule has 148 valence electrons. The van der Waals surface area contributed by atoms with Gasteiger partial charge in [0.25, 0.3) is 0 Å². The second kappa shape index (κ2) is 7.08. The van der Waals surface area contributed by atoms with E-state index < -0.39 is 0 Å². The maximum Gasteiger partial charge on any atom is 0.161 e. The SMILES string of the molecule is COc1ccc(-c2cc(-c3ccc(O)cc3)nc3ccc4[nH]ncc4c23)cc1OC. The van der Waals surface area contributed by atoms with Gasteiger partial charge in [-0.1, -0.05) is 6.07 Å².